The zero-order valence-electron chi connectivity index (χ0n) is 10.4. The van der Waals surface area contributed by atoms with Crippen LogP contribution >= 0.6 is 28.1 Å². The lowest BCUT2D eigenvalue weighted by Crippen LogP contribution is -2.17. The second kappa shape index (κ2) is 6.53. The van der Waals surface area contributed by atoms with E-state index >= 15 is 0 Å². The molecule has 1 aromatic carbocycles. The molecule has 1 aliphatic carbocycles. The minimum absolute atomic E-state index is 0.431. The fourth-order valence-corrected chi connectivity index (χ4v) is 3.38. The second-order valence-corrected chi connectivity index (χ2v) is 6.24. The van der Waals surface area contributed by atoms with Crippen molar-refractivity contribution in [1.29, 1.82) is 0 Å². The summed E-state index contributed by atoms with van der Waals surface area (Å²) in [5.74, 6) is 0.827. The first kappa shape index (κ1) is 13.8. The van der Waals surface area contributed by atoms with E-state index in [-0.39, 0.29) is 0 Å². The van der Waals surface area contributed by atoms with Gasteiger partial charge in [0.2, 0.25) is 0 Å². The topological polar surface area (TPSA) is 38.0 Å². The molecule has 0 spiro atoms. The van der Waals surface area contributed by atoms with Gasteiger partial charge in [-0.3, -0.25) is 0 Å². The second-order valence-electron chi connectivity index (χ2n) is 4.94. The van der Waals surface area contributed by atoms with Crippen LogP contribution in [0.2, 0.25) is 0 Å². The Labute approximate surface area is 122 Å². The van der Waals surface area contributed by atoms with Gasteiger partial charge in [-0.05, 0) is 52.9 Å². The number of nitrogens with one attached hydrogen (secondary N) is 1. The summed E-state index contributed by atoms with van der Waals surface area (Å²) in [7, 11) is 0. The van der Waals surface area contributed by atoms with Crippen molar-refractivity contribution in [1.82, 2.24) is 0 Å². The molecule has 0 saturated heterocycles. The standard InChI is InChI=1S/C14H19BrN2S/c15-13-8-11(6-7-12(13)14(16)18)17-9-10-4-2-1-3-5-10/h6-8,10,17H,1-5,9H2,(H2,16,18). The highest BCUT2D eigenvalue weighted by molar-refractivity contribution is 9.10. The first-order valence-corrected chi connectivity index (χ1v) is 7.70. The van der Waals surface area contributed by atoms with Gasteiger partial charge in [-0.25, -0.2) is 0 Å². The molecule has 98 valence electrons. The van der Waals surface area contributed by atoms with Crippen molar-refractivity contribution in [3.8, 4) is 0 Å². The van der Waals surface area contributed by atoms with Crippen molar-refractivity contribution in [2.75, 3.05) is 11.9 Å². The van der Waals surface area contributed by atoms with Gasteiger partial charge < -0.3 is 11.1 Å². The summed E-state index contributed by atoms with van der Waals surface area (Å²) in [5.41, 5.74) is 7.66. The number of halogens is 1. The fraction of sp³-hybridized carbons (Fsp3) is 0.500. The van der Waals surface area contributed by atoms with Crippen LogP contribution < -0.4 is 11.1 Å². The minimum Gasteiger partial charge on any atom is -0.389 e. The Balaban J connectivity index is 1.93. The highest BCUT2D eigenvalue weighted by atomic mass is 79.9. The average molecular weight is 327 g/mol. The summed E-state index contributed by atoms with van der Waals surface area (Å²) in [6.07, 6.45) is 6.90. The lowest BCUT2D eigenvalue weighted by atomic mass is 9.89. The molecule has 0 aliphatic heterocycles. The molecule has 0 amide bonds. The quantitative estimate of drug-likeness (QED) is 0.819. The monoisotopic (exact) mass is 326 g/mol. The molecule has 1 aliphatic rings. The zero-order chi connectivity index (χ0) is 13.0. The van der Waals surface area contributed by atoms with Crippen molar-refractivity contribution >= 4 is 38.8 Å². The number of nitrogens with two attached hydrogens (primary N) is 1. The summed E-state index contributed by atoms with van der Waals surface area (Å²) in [6.45, 7) is 1.07. The third kappa shape index (κ3) is 3.69. The molecule has 1 saturated carbocycles. The molecule has 2 nitrogen and oxygen atoms in total. The molecule has 2 rings (SSSR count). The van der Waals surface area contributed by atoms with Crippen LogP contribution in [-0.4, -0.2) is 11.5 Å². The van der Waals surface area contributed by atoms with Crippen LogP contribution in [-0.2, 0) is 0 Å². The highest BCUT2D eigenvalue weighted by Gasteiger charge is 2.13. The average Bonchev–Trinajstić information content (AvgIpc) is 2.37. The normalized spacial score (nSPS) is 16.5. The van der Waals surface area contributed by atoms with Crippen LogP contribution in [0, 0.1) is 5.92 Å². The van der Waals surface area contributed by atoms with E-state index in [1.54, 1.807) is 0 Å². The molecular weight excluding hydrogens is 308 g/mol. The van der Waals surface area contributed by atoms with Gasteiger partial charge in [0.05, 0.1) is 0 Å². The van der Waals surface area contributed by atoms with Crippen molar-refractivity contribution in [2.24, 2.45) is 11.7 Å². The number of hydrogen-bond acceptors (Lipinski definition) is 2. The Morgan fingerprint density at radius 2 is 2.06 bits per heavy atom. The maximum atomic E-state index is 5.64. The smallest absolute Gasteiger partial charge is 0.105 e. The molecule has 0 atom stereocenters. The van der Waals surface area contributed by atoms with E-state index in [9.17, 15) is 0 Å². The van der Waals surface area contributed by atoms with Crippen LogP contribution in [0.4, 0.5) is 5.69 Å². The molecule has 0 bridgehead atoms. The van der Waals surface area contributed by atoms with E-state index in [1.807, 2.05) is 12.1 Å². The van der Waals surface area contributed by atoms with E-state index in [1.165, 1.54) is 32.1 Å². The molecule has 0 aromatic heterocycles. The van der Waals surface area contributed by atoms with E-state index < -0.39 is 0 Å². The van der Waals surface area contributed by atoms with Gasteiger partial charge in [-0.1, -0.05) is 31.5 Å². The summed E-state index contributed by atoms with van der Waals surface area (Å²) < 4.78 is 0.962. The minimum atomic E-state index is 0.431. The summed E-state index contributed by atoms with van der Waals surface area (Å²) in [4.78, 5) is 0.431. The predicted octanol–water partition coefficient (Wildman–Crippen LogP) is 4.08. The van der Waals surface area contributed by atoms with E-state index in [0.717, 1.165) is 28.2 Å². The van der Waals surface area contributed by atoms with Crippen molar-refractivity contribution in [3.63, 3.8) is 0 Å². The van der Waals surface area contributed by atoms with Crippen LogP contribution in [0.15, 0.2) is 22.7 Å². The zero-order valence-corrected chi connectivity index (χ0v) is 12.8. The van der Waals surface area contributed by atoms with Gasteiger partial charge in [0.25, 0.3) is 0 Å². The van der Waals surface area contributed by atoms with Gasteiger partial charge in [0, 0.05) is 22.3 Å². The third-order valence-corrected chi connectivity index (χ3v) is 4.43. The lowest BCUT2D eigenvalue weighted by molar-refractivity contribution is 0.373. The fourth-order valence-electron chi connectivity index (χ4n) is 2.48. The van der Waals surface area contributed by atoms with Gasteiger partial charge in [-0.2, -0.15) is 0 Å². The Bertz CT molecular complexity index is 428. The van der Waals surface area contributed by atoms with E-state index in [4.69, 9.17) is 18.0 Å². The molecule has 3 N–H and O–H groups in total. The Hall–Kier alpha value is -0.610. The Morgan fingerprint density at radius 1 is 1.33 bits per heavy atom. The van der Waals surface area contributed by atoms with Crippen molar-refractivity contribution < 1.29 is 0 Å². The lowest BCUT2D eigenvalue weighted by Gasteiger charge is -2.22. The SMILES string of the molecule is NC(=S)c1ccc(NCC2CCCCC2)cc1Br. The van der Waals surface area contributed by atoms with Gasteiger partial charge >= 0.3 is 0 Å². The molecule has 0 heterocycles. The molecule has 1 fully saturated rings. The van der Waals surface area contributed by atoms with Crippen LogP contribution in [0.25, 0.3) is 0 Å². The maximum absolute atomic E-state index is 5.64. The highest BCUT2D eigenvalue weighted by Crippen LogP contribution is 2.25. The number of rotatable bonds is 4. The Morgan fingerprint density at radius 3 is 2.67 bits per heavy atom. The molecule has 0 unspecified atom stereocenters. The maximum Gasteiger partial charge on any atom is 0.105 e. The summed E-state index contributed by atoms with van der Waals surface area (Å²) >= 11 is 8.49. The van der Waals surface area contributed by atoms with Crippen LogP contribution in [0.1, 0.15) is 37.7 Å². The number of anilines is 1. The first-order valence-electron chi connectivity index (χ1n) is 6.50. The van der Waals surface area contributed by atoms with E-state index in [0.29, 0.717) is 4.99 Å². The van der Waals surface area contributed by atoms with Crippen molar-refractivity contribution in [3.05, 3.63) is 28.2 Å². The molecule has 18 heavy (non-hydrogen) atoms. The largest absolute Gasteiger partial charge is 0.389 e. The number of benzene rings is 1. The predicted molar refractivity (Wildman–Crippen MR) is 85.1 cm³/mol. The van der Waals surface area contributed by atoms with Crippen LogP contribution in [0.3, 0.4) is 0 Å². The number of thiocarbonyl (C=S) groups is 1. The van der Waals surface area contributed by atoms with E-state index in [2.05, 4.69) is 27.3 Å². The third-order valence-electron chi connectivity index (χ3n) is 3.55. The first-order chi connectivity index (χ1) is 8.66. The van der Waals surface area contributed by atoms with Crippen LogP contribution in [0.5, 0.6) is 0 Å². The molecular formula is C14H19BrN2S. The molecule has 1 aromatic rings. The van der Waals surface area contributed by atoms with Gasteiger partial charge in [0.15, 0.2) is 0 Å². The molecule has 4 heteroatoms. The van der Waals surface area contributed by atoms with Gasteiger partial charge in [-0.15, -0.1) is 0 Å². The van der Waals surface area contributed by atoms with Crippen molar-refractivity contribution in [2.45, 2.75) is 32.1 Å². The number of hydrogen-bond donors (Lipinski definition) is 2. The van der Waals surface area contributed by atoms with Gasteiger partial charge in [0.1, 0.15) is 4.99 Å². The molecule has 0 radical (unpaired) electrons. The Kier molecular flexibility index (Phi) is 5.01. The summed E-state index contributed by atoms with van der Waals surface area (Å²) in [6, 6.07) is 6.06. The summed E-state index contributed by atoms with van der Waals surface area (Å²) in [5, 5.41) is 3.51.